The second-order valence-corrected chi connectivity index (χ2v) is 3.99. The summed E-state index contributed by atoms with van der Waals surface area (Å²) in [6.07, 6.45) is 0.979. The second-order valence-electron chi connectivity index (χ2n) is 3.99. The average Bonchev–Trinajstić information content (AvgIpc) is 2.37. The first kappa shape index (κ1) is 11.5. The molecule has 0 unspecified atom stereocenters. The standard InChI is InChI=1S/C15H17NO/c1-2-13-7-3-4-9-15(13)17-11-12-6-5-8-14(16)10-12/h3-10H,2,11,16H2,1H3. The fourth-order valence-electron chi connectivity index (χ4n) is 1.78. The monoisotopic (exact) mass is 227 g/mol. The molecule has 2 rings (SSSR count). The Bertz CT molecular complexity index is 494. The second kappa shape index (κ2) is 5.39. The van der Waals surface area contributed by atoms with Crippen LogP contribution >= 0.6 is 0 Å². The van der Waals surface area contributed by atoms with Crippen molar-refractivity contribution in [1.82, 2.24) is 0 Å². The number of rotatable bonds is 4. The van der Waals surface area contributed by atoms with Gasteiger partial charge >= 0.3 is 0 Å². The van der Waals surface area contributed by atoms with Gasteiger partial charge < -0.3 is 10.5 Å². The summed E-state index contributed by atoms with van der Waals surface area (Å²) >= 11 is 0. The minimum atomic E-state index is 0.558. The van der Waals surface area contributed by atoms with Gasteiger partial charge in [-0.05, 0) is 35.7 Å². The molecule has 0 aliphatic heterocycles. The summed E-state index contributed by atoms with van der Waals surface area (Å²) in [5.74, 6) is 0.956. The van der Waals surface area contributed by atoms with E-state index in [1.165, 1.54) is 5.56 Å². The van der Waals surface area contributed by atoms with Crippen molar-refractivity contribution in [2.45, 2.75) is 20.0 Å². The number of nitrogen functional groups attached to an aromatic ring is 1. The van der Waals surface area contributed by atoms with Crippen LogP contribution in [0.2, 0.25) is 0 Å². The maximum atomic E-state index is 5.81. The summed E-state index contributed by atoms with van der Waals surface area (Å²) in [5, 5.41) is 0. The molecule has 0 fully saturated rings. The van der Waals surface area contributed by atoms with E-state index >= 15 is 0 Å². The predicted octanol–water partition coefficient (Wildman–Crippen LogP) is 3.41. The van der Waals surface area contributed by atoms with Crippen LogP contribution in [0.4, 0.5) is 5.69 Å². The van der Waals surface area contributed by atoms with Gasteiger partial charge in [0.25, 0.3) is 0 Å². The van der Waals surface area contributed by atoms with E-state index in [-0.39, 0.29) is 0 Å². The zero-order valence-electron chi connectivity index (χ0n) is 10.0. The average molecular weight is 227 g/mol. The fourth-order valence-corrected chi connectivity index (χ4v) is 1.78. The van der Waals surface area contributed by atoms with Crippen molar-refractivity contribution >= 4 is 5.69 Å². The Morgan fingerprint density at radius 2 is 1.88 bits per heavy atom. The molecule has 2 aromatic carbocycles. The number of anilines is 1. The molecule has 0 saturated heterocycles. The van der Waals surface area contributed by atoms with Crippen LogP contribution in [0.25, 0.3) is 0 Å². The van der Waals surface area contributed by atoms with E-state index < -0.39 is 0 Å². The Labute approximate surface area is 102 Å². The van der Waals surface area contributed by atoms with Crippen LogP contribution in [-0.4, -0.2) is 0 Å². The van der Waals surface area contributed by atoms with Crippen molar-refractivity contribution in [2.24, 2.45) is 0 Å². The van der Waals surface area contributed by atoms with Gasteiger partial charge in [-0.3, -0.25) is 0 Å². The largest absolute Gasteiger partial charge is 0.489 e. The molecule has 0 radical (unpaired) electrons. The molecule has 0 aliphatic rings. The first-order chi connectivity index (χ1) is 8.29. The van der Waals surface area contributed by atoms with Crippen molar-refractivity contribution in [1.29, 1.82) is 0 Å². The SMILES string of the molecule is CCc1ccccc1OCc1cccc(N)c1. The molecule has 2 N–H and O–H groups in total. The van der Waals surface area contributed by atoms with E-state index in [4.69, 9.17) is 10.5 Å². The molecule has 0 heterocycles. The Hall–Kier alpha value is -1.96. The van der Waals surface area contributed by atoms with Crippen LogP contribution in [0.3, 0.4) is 0 Å². The molecule has 2 heteroatoms. The highest BCUT2D eigenvalue weighted by atomic mass is 16.5. The van der Waals surface area contributed by atoms with Crippen LogP contribution in [0.5, 0.6) is 5.75 Å². The summed E-state index contributed by atoms with van der Waals surface area (Å²) in [6, 6.07) is 15.9. The topological polar surface area (TPSA) is 35.2 Å². The molecular formula is C15H17NO. The molecule has 0 saturated carbocycles. The number of hydrogen-bond donors (Lipinski definition) is 1. The van der Waals surface area contributed by atoms with Crippen molar-refractivity contribution in [3.05, 3.63) is 59.7 Å². The lowest BCUT2D eigenvalue weighted by Crippen LogP contribution is -1.98. The number of para-hydroxylation sites is 1. The van der Waals surface area contributed by atoms with Crippen molar-refractivity contribution in [3.63, 3.8) is 0 Å². The van der Waals surface area contributed by atoms with E-state index in [0.717, 1.165) is 23.4 Å². The van der Waals surface area contributed by atoms with Gasteiger partial charge in [0, 0.05) is 5.69 Å². The molecule has 88 valence electrons. The van der Waals surface area contributed by atoms with Gasteiger partial charge in [0.15, 0.2) is 0 Å². The third-order valence-electron chi connectivity index (χ3n) is 2.70. The highest BCUT2D eigenvalue weighted by molar-refractivity contribution is 5.40. The van der Waals surface area contributed by atoms with Gasteiger partial charge in [0.05, 0.1) is 0 Å². The maximum absolute atomic E-state index is 5.81. The summed E-state index contributed by atoms with van der Waals surface area (Å²) in [7, 11) is 0. The molecule has 0 aromatic heterocycles. The maximum Gasteiger partial charge on any atom is 0.122 e. The molecular weight excluding hydrogens is 210 g/mol. The first-order valence-electron chi connectivity index (χ1n) is 5.84. The Balaban J connectivity index is 2.07. The zero-order valence-corrected chi connectivity index (χ0v) is 10.0. The Kier molecular flexibility index (Phi) is 3.66. The molecule has 0 bridgehead atoms. The van der Waals surface area contributed by atoms with E-state index in [1.807, 2.05) is 42.5 Å². The lowest BCUT2D eigenvalue weighted by Gasteiger charge is -2.10. The van der Waals surface area contributed by atoms with Crippen LogP contribution < -0.4 is 10.5 Å². The molecule has 0 spiro atoms. The van der Waals surface area contributed by atoms with Crippen molar-refractivity contribution in [2.75, 3.05) is 5.73 Å². The Morgan fingerprint density at radius 1 is 1.06 bits per heavy atom. The van der Waals surface area contributed by atoms with Crippen LogP contribution in [0.15, 0.2) is 48.5 Å². The first-order valence-corrected chi connectivity index (χ1v) is 5.84. The number of hydrogen-bond acceptors (Lipinski definition) is 2. The van der Waals surface area contributed by atoms with E-state index in [2.05, 4.69) is 13.0 Å². The lowest BCUT2D eigenvalue weighted by molar-refractivity contribution is 0.303. The quantitative estimate of drug-likeness (QED) is 0.812. The molecule has 2 aromatic rings. The minimum Gasteiger partial charge on any atom is -0.489 e. The van der Waals surface area contributed by atoms with Gasteiger partial charge in [-0.1, -0.05) is 37.3 Å². The molecule has 0 amide bonds. The van der Waals surface area contributed by atoms with Gasteiger partial charge in [-0.25, -0.2) is 0 Å². The number of nitrogens with two attached hydrogens (primary N) is 1. The van der Waals surface area contributed by atoms with Crippen LogP contribution in [0, 0.1) is 0 Å². The smallest absolute Gasteiger partial charge is 0.122 e. The highest BCUT2D eigenvalue weighted by Crippen LogP contribution is 2.20. The summed E-state index contributed by atoms with van der Waals surface area (Å²) in [4.78, 5) is 0. The highest BCUT2D eigenvalue weighted by Gasteiger charge is 2.01. The zero-order chi connectivity index (χ0) is 12.1. The molecule has 2 nitrogen and oxygen atoms in total. The minimum absolute atomic E-state index is 0.558. The Morgan fingerprint density at radius 3 is 2.65 bits per heavy atom. The molecule has 0 aliphatic carbocycles. The summed E-state index contributed by atoms with van der Waals surface area (Å²) < 4.78 is 5.81. The van der Waals surface area contributed by atoms with Crippen LogP contribution in [-0.2, 0) is 13.0 Å². The van der Waals surface area contributed by atoms with Gasteiger partial charge in [-0.15, -0.1) is 0 Å². The molecule has 0 atom stereocenters. The van der Waals surface area contributed by atoms with Gasteiger partial charge in [-0.2, -0.15) is 0 Å². The third kappa shape index (κ3) is 3.00. The van der Waals surface area contributed by atoms with E-state index in [9.17, 15) is 0 Å². The molecule has 17 heavy (non-hydrogen) atoms. The summed E-state index contributed by atoms with van der Waals surface area (Å²) in [5.41, 5.74) is 8.83. The van der Waals surface area contributed by atoms with Crippen LogP contribution in [0.1, 0.15) is 18.1 Å². The van der Waals surface area contributed by atoms with Gasteiger partial charge in [0.1, 0.15) is 12.4 Å². The number of ether oxygens (including phenoxy) is 1. The van der Waals surface area contributed by atoms with Gasteiger partial charge in [0.2, 0.25) is 0 Å². The van der Waals surface area contributed by atoms with E-state index in [1.54, 1.807) is 0 Å². The van der Waals surface area contributed by atoms with E-state index in [0.29, 0.717) is 6.61 Å². The van der Waals surface area contributed by atoms with Crippen molar-refractivity contribution < 1.29 is 4.74 Å². The third-order valence-corrected chi connectivity index (χ3v) is 2.70. The number of aryl methyl sites for hydroxylation is 1. The fraction of sp³-hybridized carbons (Fsp3) is 0.200. The number of benzene rings is 2. The predicted molar refractivity (Wildman–Crippen MR) is 71.0 cm³/mol. The summed E-state index contributed by atoms with van der Waals surface area (Å²) in [6.45, 7) is 2.69. The van der Waals surface area contributed by atoms with Crippen molar-refractivity contribution in [3.8, 4) is 5.75 Å². The lowest BCUT2D eigenvalue weighted by atomic mass is 10.1. The normalized spacial score (nSPS) is 10.2.